The monoisotopic (exact) mass is 702 g/mol. The SMILES string of the molecule is C1C[Si]C1.[C-]1=C(c2ccc3ccccc3c2)C=CC1.[C-]1=C(c2ccc3ccccc3c2)C=CC1.[Cl-].[Cl-].[Hf+4]. The Morgan fingerprint density at radius 3 is 1.24 bits per heavy atom. The van der Waals surface area contributed by atoms with Crippen LogP contribution in [0.2, 0.25) is 12.1 Å². The van der Waals surface area contributed by atoms with E-state index in [1.165, 1.54) is 71.8 Å². The first-order valence-electron chi connectivity index (χ1n) is 12.1. The molecule has 0 bridgehead atoms. The Labute approximate surface area is 255 Å². The van der Waals surface area contributed by atoms with Crippen LogP contribution in [0.3, 0.4) is 0 Å². The van der Waals surface area contributed by atoms with Crippen LogP contribution < -0.4 is 24.8 Å². The first kappa shape index (κ1) is 31.2. The number of allylic oxidation sites excluding steroid dienone is 8. The zero-order valence-corrected chi connectivity index (χ0v) is 26.8. The minimum atomic E-state index is 0. The minimum absolute atomic E-state index is 0. The molecule has 0 aromatic heterocycles. The predicted octanol–water partition coefficient (Wildman–Crippen LogP) is 2.91. The second kappa shape index (κ2) is 16.1. The quantitative estimate of drug-likeness (QED) is 0.223. The van der Waals surface area contributed by atoms with Gasteiger partial charge in [-0.05, 0) is 21.5 Å². The van der Waals surface area contributed by atoms with Gasteiger partial charge in [0.2, 0.25) is 0 Å². The van der Waals surface area contributed by atoms with Crippen molar-refractivity contribution < 1.29 is 50.7 Å². The van der Waals surface area contributed by atoms with Gasteiger partial charge in [-0.3, -0.25) is 0 Å². The summed E-state index contributed by atoms with van der Waals surface area (Å²) in [5.41, 5.74) is 4.98. The number of hydrogen-bond donors (Lipinski definition) is 0. The van der Waals surface area contributed by atoms with Crippen molar-refractivity contribution >= 4 is 42.2 Å². The summed E-state index contributed by atoms with van der Waals surface area (Å²) in [7, 11) is 1.32. The Bertz CT molecular complexity index is 1310. The molecule has 0 amide bonds. The summed E-state index contributed by atoms with van der Waals surface area (Å²) in [5, 5.41) is 5.18. The van der Waals surface area contributed by atoms with Gasteiger partial charge in [0.1, 0.15) is 0 Å². The van der Waals surface area contributed by atoms with Gasteiger partial charge in [-0.15, -0.1) is 47.5 Å². The van der Waals surface area contributed by atoms with Crippen molar-refractivity contribution in [1.82, 2.24) is 0 Å². The molecule has 1 fully saturated rings. The van der Waals surface area contributed by atoms with E-state index in [9.17, 15) is 0 Å². The van der Waals surface area contributed by atoms with Crippen LogP contribution in [0.15, 0.2) is 109 Å². The van der Waals surface area contributed by atoms with E-state index in [0.717, 1.165) is 12.8 Å². The summed E-state index contributed by atoms with van der Waals surface area (Å²) in [4.78, 5) is 0. The second-order valence-corrected chi connectivity index (χ2v) is 10.1. The molecule has 0 spiro atoms. The van der Waals surface area contributed by atoms with Crippen molar-refractivity contribution in [2.75, 3.05) is 0 Å². The summed E-state index contributed by atoms with van der Waals surface area (Å²) in [5.74, 6) is 0. The van der Waals surface area contributed by atoms with Gasteiger partial charge >= 0.3 is 25.8 Å². The van der Waals surface area contributed by atoms with Crippen LogP contribution in [-0.4, -0.2) is 9.52 Å². The minimum Gasteiger partial charge on any atom is -1.00 e. The molecule has 2 radical (unpaired) electrons. The van der Waals surface area contributed by atoms with E-state index in [1.54, 1.807) is 0 Å². The van der Waals surface area contributed by atoms with Crippen LogP contribution in [0.5, 0.6) is 0 Å². The molecule has 182 valence electrons. The van der Waals surface area contributed by atoms with Crippen LogP contribution >= 0.6 is 0 Å². The summed E-state index contributed by atoms with van der Waals surface area (Å²) < 4.78 is 0. The van der Waals surface area contributed by atoms with Gasteiger partial charge in [-0.2, -0.15) is 35.5 Å². The number of benzene rings is 4. The van der Waals surface area contributed by atoms with E-state index < -0.39 is 0 Å². The first-order valence-corrected chi connectivity index (χ1v) is 13.5. The van der Waals surface area contributed by atoms with Crippen molar-refractivity contribution in [3.05, 3.63) is 133 Å². The molecule has 4 heteroatoms. The molecule has 0 saturated carbocycles. The Morgan fingerprint density at radius 2 is 0.919 bits per heavy atom. The van der Waals surface area contributed by atoms with Gasteiger partial charge in [0.15, 0.2) is 0 Å². The third-order valence-electron chi connectivity index (χ3n) is 6.22. The van der Waals surface area contributed by atoms with Crippen molar-refractivity contribution in [3.8, 4) is 0 Å². The third-order valence-corrected chi connectivity index (χ3v) is 7.63. The van der Waals surface area contributed by atoms with Crippen molar-refractivity contribution in [2.24, 2.45) is 0 Å². The largest absolute Gasteiger partial charge is 4.00 e. The smallest absolute Gasteiger partial charge is 1.00 e. The molecule has 0 atom stereocenters. The molecule has 1 aliphatic heterocycles. The van der Waals surface area contributed by atoms with Gasteiger partial charge in [-0.1, -0.05) is 92.0 Å². The fraction of sp³-hybridized carbons (Fsp3) is 0.152. The van der Waals surface area contributed by atoms with E-state index >= 15 is 0 Å². The summed E-state index contributed by atoms with van der Waals surface area (Å²) in [6.45, 7) is 0. The molecular formula is C33H28Cl2HfSi. The fourth-order valence-electron chi connectivity index (χ4n) is 4.10. The molecule has 37 heavy (non-hydrogen) atoms. The molecule has 2 aliphatic carbocycles. The van der Waals surface area contributed by atoms with Gasteiger partial charge in [0.05, 0.1) is 0 Å². The summed E-state index contributed by atoms with van der Waals surface area (Å²) >= 11 is 0. The first-order chi connectivity index (χ1) is 16.9. The molecule has 1 saturated heterocycles. The number of halogens is 2. The zero-order chi connectivity index (χ0) is 23.0. The molecule has 7 rings (SSSR count). The van der Waals surface area contributed by atoms with E-state index in [-0.39, 0.29) is 50.7 Å². The molecule has 1 heterocycles. The normalized spacial score (nSPS) is 14.4. The van der Waals surface area contributed by atoms with Crippen molar-refractivity contribution in [1.29, 1.82) is 0 Å². The standard InChI is InChI=1S/2C15H11.C3H6Si.2ClH.Hf/c2*1-2-6-12(5-1)15-10-9-13-7-3-4-8-14(13)11-15;1-2-4-3-1;;;/h2*1,3-5,7-11H,2H2;1-3H2;2*1H;/q2*-1;;;;+4/p-2. The van der Waals surface area contributed by atoms with E-state index in [0.29, 0.717) is 0 Å². The summed E-state index contributed by atoms with van der Waals surface area (Å²) in [6.07, 6.45) is 18.7. The number of hydrogen-bond acceptors (Lipinski definition) is 0. The van der Waals surface area contributed by atoms with Crippen LogP contribution in [0.1, 0.15) is 30.4 Å². The maximum Gasteiger partial charge on any atom is 4.00 e. The number of rotatable bonds is 2. The zero-order valence-electron chi connectivity index (χ0n) is 20.7. The van der Waals surface area contributed by atoms with E-state index in [2.05, 4.69) is 121 Å². The van der Waals surface area contributed by atoms with Crippen molar-refractivity contribution in [2.45, 2.75) is 31.4 Å². The average molecular weight is 702 g/mol. The van der Waals surface area contributed by atoms with E-state index in [4.69, 9.17) is 0 Å². The molecule has 0 N–H and O–H groups in total. The molecule has 4 aromatic carbocycles. The molecular weight excluding hydrogens is 674 g/mol. The topological polar surface area (TPSA) is 0 Å². The average Bonchev–Trinajstić information content (AvgIpc) is 3.58. The fourth-order valence-corrected chi connectivity index (χ4v) is 4.45. The van der Waals surface area contributed by atoms with Crippen LogP contribution in [-0.2, 0) is 25.8 Å². The number of fused-ring (bicyclic) bond motifs is 2. The van der Waals surface area contributed by atoms with Crippen LogP contribution in [0.25, 0.3) is 32.7 Å². The van der Waals surface area contributed by atoms with Crippen LogP contribution in [0, 0.1) is 12.2 Å². The second-order valence-electron chi connectivity index (χ2n) is 8.62. The Balaban J connectivity index is 0.000000211. The molecule has 4 aromatic rings. The Hall–Kier alpha value is -1.97. The van der Waals surface area contributed by atoms with Crippen LogP contribution in [0.4, 0.5) is 0 Å². The maximum atomic E-state index is 3.34. The van der Waals surface area contributed by atoms with Gasteiger partial charge in [0.25, 0.3) is 0 Å². The van der Waals surface area contributed by atoms with Gasteiger partial charge in [-0.25, -0.2) is 0 Å². The maximum absolute atomic E-state index is 3.34. The van der Waals surface area contributed by atoms with Crippen molar-refractivity contribution in [3.63, 3.8) is 0 Å². The Morgan fingerprint density at radius 1 is 0.541 bits per heavy atom. The Kier molecular flexibility index (Phi) is 13.6. The third kappa shape index (κ3) is 8.51. The van der Waals surface area contributed by atoms with E-state index in [1.807, 2.05) is 0 Å². The van der Waals surface area contributed by atoms with Gasteiger partial charge < -0.3 is 24.8 Å². The predicted molar refractivity (Wildman–Crippen MR) is 149 cm³/mol. The molecule has 0 unspecified atom stereocenters. The molecule has 3 aliphatic rings. The molecule has 0 nitrogen and oxygen atoms in total. The summed E-state index contributed by atoms with van der Waals surface area (Å²) in [6, 6.07) is 33.1. The van der Waals surface area contributed by atoms with Gasteiger partial charge in [0, 0.05) is 9.52 Å².